The topological polar surface area (TPSA) is 53.5 Å². The number of benzene rings is 1. The molecule has 1 saturated heterocycles. The summed E-state index contributed by atoms with van der Waals surface area (Å²) >= 11 is 5.96. The lowest BCUT2D eigenvalue weighted by atomic mass is 10.2. The van der Waals surface area contributed by atoms with Crippen molar-refractivity contribution in [2.24, 2.45) is 0 Å². The van der Waals surface area contributed by atoms with Crippen LogP contribution < -0.4 is 4.90 Å². The first-order valence-electron chi connectivity index (χ1n) is 8.43. The fourth-order valence-corrected chi connectivity index (χ4v) is 4.81. The summed E-state index contributed by atoms with van der Waals surface area (Å²) in [4.78, 5) is 4.57. The molecule has 0 N–H and O–H groups in total. The van der Waals surface area contributed by atoms with Crippen LogP contribution in [0.1, 0.15) is 12.0 Å². The summed E-state index contributed by atoms with van der Waals surface area (Å²) in [6.07, 6.45) is -3.65. The minimum absolute atomic E-state index is 0.0209. The van der Waals surface area contributed by atoms with Crippen LogP contribution in [-0.2, 0) is 16.2 Å². The molecule has 0 radical (unpaired) electrons. The van der Waals surface area contributed by atoms with Crippen LogP contribution in [0.3, 0.4) is 0 Å². The summed E-state index contributed by atoms with van der Waals surface area (Å²) in [5, 5.41) is -0.215. The van der Waals surface area contributed by atoms with Gasteiger partial charge in [0.15, 0.2) is 0 Å². The monoisotopic (exact) mass is 455 g/mol. The summed E-state index contributed by atoms with van der Waals surface area (Å²) in [7, 11) is -4.29. The molecule has 0 saturated carbocycles. The van der Waals surface area contributed by atoms with Crippen LogP contribution in [0, 0.1) is 11.6 Å². The molecular weight excluding hydrogens is 441 g/mol. The molecule has 5 nitrogen and oxygen atoms in total. The molecule has 1 fully saturated rings. The standard InChI is InChI=1S/C17H15ClF5N3O2S/c18-13-8-11(17(21,22)23)10-24-16(13)25-4-1-5-26(7-6-25)29(27,28)15-9-12(19)2-3-14(15)20/h2-3,8-10H,1,4-7H2. The molecule has 0 aliphatic carbocycles. The number of sulfonamides is 1. The molecule has 3 rings (SSSR count). The average Bonchev–Trinajstić information content (AvgIpc) is 2.89. The van der Waals surface area contributed by atoms with Crippen molar-refractivity contribution in [1.82, 2.24) is 9.29 Å². The smallest absolute Gasteiger partial charge is 0.354 e. The Morgan fingerprint density at radius 3 is 2.41 bits per heavy atom. The first-order valence-corrected chi connectivity index (χ1v) is 10.2. The number of hydrogen-bond acceptors (Lipinski definition) is 4. The Morgan fingerprint density at radius 1 is 1.03 bits per heavy atom. The van der Waals surface area contributed by atoms with Gasteiger partial charge in [-0.1, -0.05) is 11.6 Å². The van der Waals surface area contributed by atoms with E-state index in [2.05, 4.69) is 4.98 Å². The molecule has 2 heterocycles. The van der Waals surface area contributed by atoms with Crippen molar-refractivity contribution in [2.75, 3.05) is 31.1 Å². The molecular formula is C17H15ClF5N3O2S. The Labute approximate surface area is 168 Å². The van der Waals surface area contributed by atoms with Crippen LogP contribution in [-0.4, -0.2) is 43.9 Å². The number of alkyl halides is 3. The van der Waals surface area contributed by atoms with E-state index in [0.29, 0.717) is 12.3 Å². The molecule has 0 bridgehead atoms. The molecule has 1 aliphatic heterocycles. The van der Waals surface area contributed by atoms with Crippen LogP contribution in [0.2, 0.25) is 5.02 Å². The summed E-state index contributed by atoms with van der Waals surface area (Å²) < 4.78 is 92.1. The van der Waals surface area contributed by atoms with E-state index in [4.69, 9.17) is 11.6 Å². The zero-order valence-electron chi connectivity index (χ0n) is 14.8. The Morgan fingerprint density at radius 2 is 1.76 bits per heavy atom. The van der Waals surface area contributed by atoms with Crippen LogP contribution >= 0.6 is 11.6 Å². The normalized spacial score (nSPS) is 16.7. The van der Waals surface area contributed by atoms with Gasteiger partial charge in [-0.05, 0) is 30.7 Å². The largest absolute Gasteiger partial charge is 0.417 e. The second-order valence-corrected chi connectivity index (χ2v) is 8.66. The van der Waals surface area contributed by atoms with Crippen molar-refractivity contribution in [2.45, 2.75) is 17.5 Å². The van der Waals surface area contributed by atoms with Crippen LogP contribution in [0.5, 0.6) is 0 Å². The van der Waals surface area contributed by atoms with Crippen molar-refractivity contribution in [1.29, 1.82) is 0 Å². The number of anilines is 1. The minimum atomic E-state index is -4.59. The highest BCUT2D eigenvalue weighted by Gasteiger charge is 2.33. The maximum Gasteiger partial charge on any atom is 0.417 e. The maximum atomic E-state index is 13.9. The van der Waals surface area contributed by atoms with Gasteiger partial charge in [0, 0.05) is 32.4 Å². The molecule has 0 spiro atoms. The van der Waals surface area contributed by atoms with Gasteiger partial charge in [-0.25, -0.2) is 22.2 Å². The fraction of sp³-hybridized carbons (Fsp3) is 0.353. The van der Waals surface area contributed by atoms with Gasteiger partial charge in [0.2, 0.25) is 10.0 Å². The van der Waals surface area contributed by atoms with E-state index in [0.717, 1.165) is 22.5 Å². The van der Waals surface area contributed by atoms with Crippen molar-refractivity contribution in [3.8, 4) is 0 Å². The SMILES string of the molecule is O=S(=O)(c1cc(F)ccc1F)N1CCCN(c2ncc(C(F)(F)F)cc2Cl)CC1. The van der Waals surface area contributed by atoms with Crippen LogP contribution in [0.15, 0.2) is 35.4 Å². The van der Waals surface area contributed by atoms with E-state index in [-0.39, 0.29) is 43.4 Å². The Hall–Kier alpha value is -1.98. The lowest BCUT2D eigenvalue weighted by Crippen LogP contribution is -2.36. The summed E-state index contributed by atoms with van der Waals surface area (Å²) in [5.74, 6) is -1.86. The van der Waals surface area contributed by atoms with Gasteiger partial charge in [-0.2, -0.15) is 17.5 Å². The molecule has 0 atom stereocenters. The van der Waals surface area contributed by atoms with Gasteiger partial charge >= 0.3 is 6.18 Å². The fourth-order valence-electron chi connectivity index (χ4n) is 2.98. The highest BCUT2D eigenvalue weighted by molar-refractivity contribution is 7.89. The number of rotatable bonds is 3. The van der Waals surface area contributed by atoms with Crippen molar-refractivity contribution >= 4 is 27.4 Å². The lowest BCUT2D eigenvalue weighted by molar-refractivity contribution is -0.137. The Bertz CT molecular complexity index is 1020. The first-order chi connectivity index (χ1) is 13.5. The molecule has 2 aromatic rings. The number of aromatic nitrogens is 1. The van der Waals surface area contributed by atoms with E-state index in [9.17, 15) is 30.4 Å². The van der Waals surface area contributed by atoms with Gasteiger partial charge < -0.3 is 4.90 Å². The third kappa shape index (κ3) is 4.62. The second-order valence-electron chi connectivity index (χ2n) is 6.35. The molecule has 1 aliphatic rings. The summed E-state index contributed by atoms with van der Waals surface area (Å²) in [6.45, 7) is 0.258. The molecule has 0 amide bonds. The van der Waals surface area contributed by atoms with E-state index in [1.54, 1.807) is 4.90 Å². The highest BCUT2D eigenvalue weighted by atomic mass is 35.5. The summed E-state index contributed by atoms with van der Waals surface area (Å²) in [5.41, 5.74) is -0.994. The van der Waals surface area contributed by atoms with E-state index >= 15 is 0 Å². The number of halogens is 6. The minimum Gasteiger partial charge on any atom is -0.354 e. The van der Waals surface area contributed by atoms with Gasteiger partial charge in [0.05, 0.1) is 10.6 Å². The number of hydrogen-bond donors (Lipinski definition) is 0. The zero-order valence-corrected chi connectivity index (χ0v) is 16.3. The molecule has 1 aromatic carbocycles. The molecule has 29 heavy (non-hydrogen) atoms. The van der Waals surface area contributed by atoms with Crippen LogP contribution in [0.4, 0.5) is 27.8 Å². The van der Waals surface area contributed by atoms with E-state index in [1.807, 2.05) is 0 Å². The predicted octanol–water partition coefficient (Wildman–Crippen LogP) is 3.93. The Balaban J connectivity index is 1.81. The molecule has 12 heteroatoms. The number of pyridine rings is 1. The second kappa shape index (κ2) is 8.04. The zero-order chi connectivity index (χ0) is 21.4. The average molecular weight is 456 g/mol. The van der Waals surface area contributed by atoms with Gasteiger partial charge in [0.1, 0.15) is 22.3 Å². The highest BCUT2D eigenvalue weighted by Crippen LogP contribution is 2.34. The predicted molar refractivity (Wildman–Crippen MR) is 96.2 cm³/mol. The van der Waals surface area contributed by atoms with Crippen molar-refractivity contribution < 1.29 is 30.4 Å². The first kappa shape index (κ1) is 21.7. The van der Waals surface area contributed by atoms with Crippen LogP contribution in [0.25, 0.3) is 0 Å². The third-order valence-electron chi connectivity index (χ3n) is 4.41. The quantitative estimate of drug-likeness (QED) is 0.658. The molecule has 1 aromatic heterocycles. The van der Waals surface area contributed by atoms with E-state index in [1.165, 1.54) is 0 Å². The van der Waals surface area contributed by atoms with Crippen molar-refractivity contribution in [3.63, 3.8) is 0 Å². The van der Waals surface area contributed by atoms with Gasteiger partial charge in [0.25, 0.3) is 0 Å². The van der Waals surface area contributed by atoms with Gasteiger partial charge in [-0.15, -0.1) is 0 Å². The van der Waals surface area contributed by atoms with Crippen molar-refractivity contribution in [3.05, 3.63) is 52.7 Å². The van der Waals surface area contributed by atoms with Gasteiger partial charge in [-0.3, -0.25) is 0 Å². The molecule has 0 unspecified atom stereocenters. The summed E-state index contributed by atoms with van der Waals surface area (Å²) in [6, 6.07) is 2.92. The Kier molecular flexibility index (Phi) is 6.02. The third-order valence-corrected chi connectivity index (χ3v) is 6.61. The number of nitrogens with zero attached hydrogens (tertiary/aromatic N) is 3. The molecule has 158 valence electrons. The van der Waals surface area contributed by atoms with E-state index < -0.39 is 38.3 Å². The maximum absolute atomic E-state index is 13.9. The lowest BCUT2D eigenvalue weighted by Gasteiger charge is -2.24.